The SMILES string of the molecule is CC.O=C(NCc1ccccc1)C(c1cccc(C(F)F)c1)N(C(=O)CCc1ccc(O)cc1)C1CCOCC1.[HH]. The number of phenolic OH excluding ortho intramolecular Hbond substituents is 1. The Kier molecular flexibility index (Phi) is 12.1. The largest absolute Gasteiger partial charge is 0.508 e. The number of phenols is 1. The number of hydrogen-bond acceptors (Lipinski definition) is 4. The van der Waals surface area contributed by atoms with E-state index in [1.54, 1.807) is 35.2 Å². The molecule has 1 atom stereocenters. The van der Waals surface area contributed by atoms with Crippen molar-refractivity contribution in [3.63, 3.8) is 0 Å². The number of rotatable bonds is 10. The number of aryl methyl sites for hydroxylation is 1. The van der Waals surface area contributed by atoms with E-state index < -0.39 is 18.4 Å². The number of alkyl halides is 2. The van der Waals surface area contributed by atoms with Gasteiger partial charge >= 0.3 is 0 Å². The summed E-state index contributed by atoms with van der Waals surface area (Å²) in [5, 5.41) is 12.5. The second-order valence-corrected chi connectivity index (χ2v) is 9.39. The second kappa shape index (κ2) is 15.7. The topological polar surface area (TPSA) is 78.9 Å². The molecule has 1 saturated heterocycles. The number of amides is 2. The molecule has 0 bridgehead atoms. The number of nitrogens with zero attached hydrogens (tertiary/aromatic N) is 1. The molecule has 1 aliphatic rings. The molecule has 0 saturated carbocycles. The number of carbonyl (C=O) groups excluding carboxylic acids is 2. The number of benzene rings is 3. The van der Waals surface area contributed by atoms with E-state index in [1.807, 2.05) is 44.2 Å². The van der Waals surface area contributed by atoms with Crippen molar-refractivity contribution in [1.82, 2.24) is 10.2 Å². The Hall–Kier alpha value is -3.78. The van der Waals surface area contributed by atoms with Gasteiger partial charge < -0.3 is 20.1 Å². The predicted octanol–water partition coefficient (Wildman–Crippen LogP) is 6.60. The summed E-state index contributed by atoms with van der Waals surface area (Å²) in [4.78, 5) is 29.1. The minimum atomic E-state index is -2.70. The highest BCUT2D eigenvalue weighted by molar-refractivity contribution is 5.89. The lowest BCUT2D eigenvalue weighted by Gasteiger charge is -2.39. The monoisotopic (exact) mass is 554 g/mol. The molecule has 3 aromatic rings. The highest BCUT2D eigenvalue weighted by atomic mass is 19.3. The molecule has 0 aromatic heterocycles. The van der Waals surface area contributed by atoms with E-state index in [4.69, 9.17) is 4.74 Å². The summed E-state index contributed by atoms with van der Waals surface area (Å²) < 4.78 is 32.7. The van der Waals surface area contributed by atoms with Crippen LogP contribution in [-0.4, -0.2) is 41.1 Å². The van der Waals surface area contributed by atoms with E-state index in [1.165, 1.54) is 18.2 Å². The molecule has 0 radical (unpaired) electrons. The average molecular weight is 555 g/mol. The van der Waals surface area contributed by atoms with E-state index in [0.717, 1.165) is 11.1 Å². The van der Waals surface area contributed by atoms with Crippen LogP contribution in [0.5, 0.6) is 5.75 Å². The fourth-order valence-corrected chi connectivity index (χ4v) is 4.75. The zero-order chi connectivity index (χ0) is 28.9. The van der Waals surface area contributed by atoms with Crippen LogP contribution in [0, 0.1) is 0 Å². The van der Waals surface area contributed by atoms with Gasteiger partial charge in [0.05, 0.1) is 0 Å². The summed E-state index contributed by atoms with van der Waals surface area (Å²) in [7, 11) is 0. The van der Waals surface area contributed by atoms with Crippen molar-refractivity contribution in [1.29, 1.82) is 0 Å². The lowest BCUT2D eigenvalue weighted by molar-refractivity contribution is -0.146. The molecule has 2 amide bonds. The highest BCUT2D eigenvalue weighted by Crippen LogP contribution is 2.31. The van der Waals surface area contributed by atoms with Crippen LogP contribution >= 0.6 is 0 Å². The summed E-state index contributed by atoms with van der Waals surface area (Å²) >= 11 is 0. The van der Waals surface area contributed by atoms with Gasteiger partial charge in [-0.3, -0.25) is 9.59 Å². The first-order valence-electron chi connectivity index (χ1n) is 13.8. The van der Waals surface area contributed by atoms with E-state index in [-0.39, 0.29) is 37.7 Å². The first-order valence-corrected chi connectivity index (χ1v) is 13.8. The van der Waals surface area contributed by atoms with Gasteiger partial charge in [0.2, 0.25) is 11.8 Å². The number of hydrogen-bond donors (Lipinski definition) is 2. The first-order chi connectivity index (χ1) is 19.4. The van der Waals surface area contributed by atoms with Crippen molar-refractivity contribution in [3.05, 3.63) is 101 Å². The highest BCUT2D eigenvalue weighted by Gasteiger charge is 2.37. The Bertz CT molecular complexity index is 1210. The summed E-state index contributed by atoms with van der Waals surface area (Å²) in [5.74, 6) is -0.532. The van der Waals surface area contributed by atoms with Crippen LogP contribution in [0.2, 0.25) is 0 Å². The van der Waals surface area contributed by atoms with E-state index in [2.05, 4.69) is 5.32 Å². The molecule has 1 aliphatic heterocycles. The smallest absolute Gasteiger partial charge is 0.263 e. The van der Waals surface area contributed by atoms with Gasteiger partial charge in [-0.25, -0.2) is 8.78 Å². The third kappa shape index (κ3) is 8.61. The van der Waals surface area contributed by atoms with Crippen molar-refractivity contribution in [2.45, 2.75) is 64.6 Å². The average Bonchev–Trinajstić information content (AvgIpc) is 3.00. The zero-order valence-electron chi connectivity index (χ0n) is 23.1. The number of nitrogens with one attached hydrogen (secondary N) is 1. The molecule has 0 aliphatic carbocycles. The zero-order valence-corrected chi connectivity index (χ0v) is 23.1. The fraction of sp³-hybridized carbons (Fsp3) is 0.375. The summed E-state index contributed by atoms with van der Waals surface area (Å²) in [6, 6.07) is 20.4. The third-order valence-electron chi connectivity index (χ3n) is 6.75. The lowest BCUT2D eigenvalue weighted by atomic mass is 9.96. The Morgan fingerprint density at radius 1 is 0.950 bits per heavy atom. The quantitative estimate of drug-likeness (QED) is 0.296. The predicted molar refractivity (Wildman–Crippen MR) is 153 cm³/mol. The van der Waals surface area contributed by atoms with Crippen LogP contribution in [0.1, 0.15) is 69.3 Å². The van der Waals surface area contributed by atoms with Gasteiger partial charge in [0, 0.05) is 39.2 Å². The number of aromatic hydroxyl groups is 1. The van der Waals surface area contributed by atoms with Crippen LogP contribution in [0.15, 0.2) is 78.9 Å². The minimum absolute atomic E-state index is 0. The molecule has 4 rings (SSSR count). The molecule has 1 heterocycles. The van der Waals surface area contributed by atoms with E-state index in [9.17, 15) is 23.5 Å². The summed E-state index contributed by atoms with van der Waals surface area (Å²) in [5.41, 5.74) is 1.90. The Morgan fingerprint density at radius 3 is 2.25 bits per heavy atom. The van der Waals surface area contributed by atoms with Crippen molar-refractivity contribution >= 4 is 11.8 Å². The molecular formula is C32H40F2N2O4. The van der Waals surface area contributed by atoms with Crippen LogP contribution in [0.4, 0.5) is 8.78 Å². The first kappa shape index (κ1) is 30.8. The van der Waals surface area contributed by atoms with Crippen molar-refractivity contribution in [3.8, 4) is 5.75 Å². The maximum atomic E-state index is 13.8. The van der Waals surface area contributed by atoms with Crippen molar-refractivity contribution in [2.75, 3.05) is 13.2 Å². The van der Waals surface area contributed by atoms with Gasteiger partial charge in [-0.05, 0) is 54.2 Å². The van der Waals surface area contributed by atoms with Crippen LogP contribution in [0.25, 0.3) is 0 Å². The fourth-order valence-electron chi connectivity index (χ4n) is 4.75. The Balaban J connectivity index is 0.00000192. The molecule has 1 unspecified atom stereocenters. The van der Waals surface area contributed by atoms with Crippen LogP contribution in [-0.2, 0) is 27.3 Å². The van der Waals surface area contributed by atoms with Crippen LogP contribution in [0.3, 0.4) is 0 Å². The third-order valence-corrected chi connectivity index (χ3v) is 6.75. The van der Waals surface area contributed by atoms with Gasteiger partial charge in [0.1, 0.15) is 11.8 Å². The van der Waals surface area contributed by atoms with Crippen LogP contribution < -0.4 is 5.32 Å². The summed E-state index contributed by atoms with van der Waals surface area (Å²) in [6.45, 7) is 5.14. The number of ether oxygens (including phenoxy) is 1. The second-order valence-electron chi connectivity index (χ2n) is 9.39. The number of halogens is 2. The molecule has 6 nitrogen and oxygen atoms in total. The lowest BCUT2D eigenvalue weighted by Crippen LogP contribution is -2.50. The van der Waals surface area contributed by atoms with Gasteiger partial charge in [-0.1, -0.05) is 74.5 Å². The van der Waals surface area contributed by atoms with Gasteiger partial charge in [0.15, 0.2) is 0 Å². The molecule has 2 N–H and O–H groups in total. The van der Waals surface area contributed by atoms with Gasteiger partial charge in [-0.2, -0.15) is 0 Å². The van der Waals surface area contributed by atoms with Crippen molar-refractivity contribution in [2.24, 2.45) is 0 Å². The van der Waals surface area contributed by atoms with E-state index >= 15 is 0 Å². The molecule has 3 aromatic carbocycles. The molecule has 40 heavy (non-hydrogen) atoms. The maximum Gasteiger partial charge on any atom is 0.263 e. The standard InChI is InChI=1S/C30H32F2N2O4.C2H6.H2/c31-29(32)24-8-4-7-23(19-24)28(30(37)33-20-22-5-2-1-3-6-22)34(25-15-17-38-18-16-25)27(36)14-11-21-9-12-26(35)13-10-21;1-2;/h1-10,12-13,19,25,28-29,35H,11,14-18,20H2,(H,33,37);1-2H3;1H. The number of carbonyl (C=O) groups is 2. The molecular weight excluding hydrogens is 514 g/mol. The van der Waals surface area contributed by atoms with Crippen molar-refractivity contribution < 1.29 is 29.6 Å². The summed E-state index contributed by atoms with van der Waals surface area (Å²) in [6.07, 6.45) is -1.08. The normalized spacial score (nSPS) is 14.1. The Morgan fingerprint density at radius 2 is 1.60 bits per heavy atom. The minimum Gasteiger partial charge on any atom is -0.508 e. The molecule has 8 heteroatoms. The molecule has 1 fully saturated rings. The van der Waals surface area contributed by atoms with Gasteiger partial charge in [0.25, 0.3) is 6.43 Å². The molecule has 0 spiro atoms. The molecule has 216 valence electrons. The Labute approximate surface area is 236 Å². The van der Waals surface area contributed by atoms with Gasteiger partial charge in [-0.15, -0.1) is 0 Å². The van der Waals surface area contributed by atoms with E-state index in [0.29, 0.717) is 38.0 Å². The maximum absolute atomic E-state index is 13.8.